The molecule has 1 amide bonds. The van der Waals surface area contributed by atoms with Gasteiger partial charge in [0.25, 0.3) is 5.91 Å². The average Bonchev–Trinajstić information content (AvgIpc) is 2.75. The number of hydrogen-bond acceptors (Lipinski definition) is 3. The Morgan fingerprint density at radius 3 is 2.76 bits per heavy atom. The molecule has 29 heavy (non-hydrogen) atoms. The molecule has 1 aliphatic heterocycles. The van der Waals surface area contributed by atoms with Crippen LogP contribution in [0.25, 0.3) is 0 Å². The summed E-state index contributed by atoms with van der Waals surface area (Å²) >= 11 is 6.35. The smallest absolute Gasteiger partial charge is 0.253 e. The van der Waals surface area contributed by atoms with E-state index in [1.54, 1.807) is 24.5 Å². The third-order valence-corrected chi connectivity index (χ3v) is 5.81. The van der Waals surface area contributed by atoms with E-state index in [1.807, 2.05) is 30.0 Å². The Bertz CT molecular complexity index is 1010. The van der Waals surface area contributed by atoms with Crippen molar-refractivity contribution in [2.75, 3.05) is 13.1 Å². The number of carbonyl (C=O) groups excluding carboxylic acids is 1. The number of piperidine rings is 1. The molecule has 2 aromatic heterocycles. The van der Waals surface area contributed by atoms with Crippen molar-refractivity contribution in [3.8, 4) is 0 Å². The van der Waals surface area contributed by atoms with Gasteiger partial charge in [-0.15, -0.1) is 0 Å². The minimum Gasteiger partial charge on any atom is -0.338 e. The second-order valence-electron chi connectivity index (χ2n) is 7.64. The number of benzene rings is 1. The van der Waals surface area contributed by atoms with Crippen LogP contribution in [-0.4, -0.2) is 33.9 Å². The third-order valence-electron chi connectivity index (χ3n) is 5.44. The minimum atomic E-state index is 0.0704. The van der Waals surface area contributed by atoms with Crippen molar-refractivity contribution in [3.63, 3.8) is 0 Å². The molecular weight excluding hydrogens is 382 g/mol. The van der Waals surface area contributed by atoms with E-state index in [9.17, 15) is 4.79 Å². The van der Waals surface area contributed by atoms with Crippen molar-refractivity contribution in [2.45, 2.75) is 32.1 Å². The van der Waals surface area contributed by atoms with Crippen LogP contribution in [0, 0.1) is 6.92 Å². The Balaban J connectivity index is 1.54. The highest BCUT2D eigenvalue weighted by molar-refractivity contribution is 6.31. The SMILES string of the molecule is Cc1cc(Cc2ccccc2Cl)cc([C@@H]2CCCN(C(=O)c3ccncc3)C2)n1. The number of hydrogen-bond donors (Lipinski definition) is 0. The second-order valence-corrected chi connectivity index (χ2v) is 8.04. The molecule has 0 bridgehead atoms. The summed E-state index contributed by atoms with van der Waals surface area (Å²) in [5, 5.41) is 0.787. The largest absolute Gasteiger partial charge is 0.338 e. The number of carbonyl (C=O) groups is 1. The van der Waals surface area contributed by atoms with E-state index < -0.39 is 0 Å². The number of aromatic nitrogens is 2. The molecule has 0 radical (unpaired) electrons. The first kappa shape index (κ1) is 19.6. The number of nitrogens with zero attached hydrogens (tertiary/aromatic N) is 3. The van der Waals surface area contributed by atoms with Crippen molar-refractivity contribution in [2.24, 2.45) is 0 Å². The molecule has 1 fully saturated rings. The summed E-state index contributed by atoms with van der Waals surface area (Å²) in [6, 6.07) is 15.8. The predicted molar refractivity (Wildman–Crippen MR) is 115 cm³/mol. The average molecular weight is 406 g/mol. The summed E-state index contributed by atoms with van der Waals surface area (Å²) in [6.45, 7) is 3.52. The first-order valence-corrected chi connectivity index (χ1v) is 10.4. The molecule has 0 aliphatic carbocycles. The van der Waals surface area contributed by atoms with Crippen LogP contribution in [0.4, 0.5) is 0 Å². The Kier molecular flexibility index (Phi) is 5.91. The zero-order valence-electron chi connectivity index (χ0n) is 16.5. The monoisotopic (exact) mass is 405 g/mol. The van der Waals surface area contributed by atoms with E-state index in [-0.39, 0.29) is 11.8 Å². The minimum absolute atomic E-state index is 0.0704. The van der Waals surface area contributed by atoms with E-state index in [2.05, 4.69) is 23.2 Å². The fraction of sp³-hybridized carbons (Fsp3) is 0.292. The van der Waals surface area contributed by atoms with Gasteiger partial charge < -0.3 is 4.90 Å². The molecule has 5 heteroatoms. The molecule has 4 nitrogen and oxygen atoms in total. The highest BCUT2D eigenvalue weighted by Gasteiger charge is 2.26. The third kappa shape index (κ3) is 4.65. The summed E-state index contributed by atoms with van der Waals surface area (Å²) in [7, 11) is 0. The number of likely N-dealkylation sites (tertiary alicyclic amines) is 1. The van der Waals surface area contributed by atoms with Crippen molar-refractivity contribution in [1.82, 2.24) is 14.9 Å². The van der Waals surface area contributed by atoms with Gasteiger partial charge in [0.15, 0.2) is 0 Å². The molecule has 0 N–H and O–H groups in total. The number of rotatable bonds is 4. The summed E-state index contributed by atoms with van der Waals surface area (Å²) in [5.74, 6) is 0.320. The molecule has 0 saturated carbocycles. The van der Waals surface area contributed by atoms with Crippen molar-refractivity contribution < 1.29 is 4.79 Å². The molecule has 1 atom stereocenters. The van der Waals surface area contributed by atoms with E-state index in [0.29, 0.717) is 12.1 Å². The summed E-state index contributed by atoms with van der Waals surface area (Å²) in [5.41, 5.74) is 5.08. The van der Waals surface area contributed by atoms with Crippen molar-refractivity contribution >= 4 is 17.5 Å². The van der Waals surface area contributed by atoms with Gasteiger partial charge in [-0.2, -0.15) is 0 Å². The molecule has 1 saturated heterocycles. The van der Waals surface area contributed by atoms with Crippen LogP contribution in [0.5, 0.6) is 0 Å². The predicted octanol–water partition coefficient (Wildman–Crippen LogP) is 5.05. The highest BCUT2D eigenvalue weighted by Crippen LogP contribution is 2.28. The maximum absolute atomic E-state index is 12.9. The zero-order valence-corrected chi connectivity index (χ0v) is 17.3. The van der Waals surface area contributed by atoms with Gasteiger partial charge in [-0.1, -0.05) is 29.8 Å². The maximum Gasteiger partial charge on any atom is 0.253 e. The van der Waals surface area contributed by atoms with Gasteiger partial charge in [0.05, 0.1) is 0 Å². The molecule has 3 aromatic rings. The lowest BCUT2D eigenvalue weighted by Crippen LogP contribution is -2.39. The lowest BCUT2D eigenvalue weighted by atomic mass is 9.92. The molecule has 1 aromatic carbocycles. The first-order valence-electron chi connectivity index (χ1n) is 10.0. The number of amides is 1. The quantitative estimate of drug-likeness (QED) is 0.610. The van der Waals surface area contributed by atoms with Gasteiger partial charge in [-0.05, 0) is 67.6 Å². The van der Waals surface area contributed by atoms with Gasteiger partial charge in [0, 0.05) is 53.4 Å². The van der Waals surface area contributed by atoms with Crippen molar-refractivity contribution in [1.29, 1.82) is 0 Å². The van der Waals surface area contributed by atoms with Crippen LogP contribution in [0.2, 0.25) is 5.02 Å². The van der Waals surface area contributed by atoms with Gasteiger partial charge in [-0.3, -0.25) is 14.8 Å². The first-order chi connectivity index (χ1) is 14.1. The Morgan fingerprint density at radius 1 is 1.17 bits per heavy atom. The number of pyridine rings is 2. The highest BCUT2D eigenvalue weighted by atomic mass is 35.5. The number of halogens is 1. The summed E-state index contributed by atoms with van der Waals surface area (Å²) in [4.78, 5) is 23.6. The summed E-state index contributed by atoms with van der Waals surface area (Å²) in [6.07, 6.45) is 6.14. The maximum atomic E-state index is 12.9. The lowest BCUT2D eigenvalue weighted by molar-refractivity contribution is 0.0705. The van der Waals surface area contributed by atoms with E-state index >= 15 is 0 Å². The molecule has 0 unspecified atom stereocenters. The fourth-order valence-electron chi connectivity index (χ4n) is 4.02. The molecular formula is C24H24ClN3O. The zero-order chi connectivity index (χ0) is 20.2. The molecule has 1 aliphatic rings. The summed E-state index contributed by atoms with van der Waals surface area (Å²) < 4.78 is 0. The van der Waals surface area contributed by atoms with Crippen molar-refractivity contribution in [3.05, 3.63) is 94.0 Å². The second kappa shape index (κ2) is 8.75. The Hall–Kier alpha value is -2.72. The van der Waals surface area contributed by atoms with E-state index in [0.717, 1.165) is 47.8 Å². The van der Waals surface area contributed by atoms with Gasteiger partial charge in [-0.25, -0.2) is 0 Å². The van der Waals surface area contributed by atoms with Gasteiger partial charge >= 0.3 is 0 Å². The molecule has 148 valence electrons. The molecule has 0 spiro atoms. The lowest BCUT2D eigenvalue weighted by Gasteiger charge is -2.33. The normalized spacial score (nSPS) is 16.6. The van der Waals surface area contributed by atoms with Gasteiger partial charge in [0.1, 0.15) is 0 Å². The van der Waals surface area contributed by atoms with Crippen LogP contribution in [0.15, 0.2) is 60.9 Å². The van der Waals surface area contributed by atoms with Crippen LogP contribution in [-0.2, 0) is 6.42 Å². The van der Waals surface area contributed by atoms with Gasteiger partial charge in [0.2, 0.25) is 0 Å². The van der Waals surface area contributed by atoms with E-state index in [1.165, 1.54) is 5.56 Å². The van der Waals surface area contributed by atoms with Crippen LogP contribution in [0.1, 0.15) is 51.6 Å². The van der Waals surface area contributed by atoms with E-state index in [4.69, 9.17) is 16.6 Å². The Morgan fingerprint density at radius 2 is 1.97 bits per heavy atom. The standard InChI is InChI=1S/C24H24ClN3O/c1-17-13-18(14-20-5-2-3-7-22(20)25)15-23(27-17)21-6-4-12-28(16-21)24(29)19-8-10-26-11-9-19/h2-3,5,7-11,13,15,21H,4,6,12,14,16H2,1H3/t21-/m1/s1. The Labute approximate surface area is 176 Å². The van der Waals surface area contributed by atoms with Crippen LogP contribution < -0.4 is 0 Å². The van der Waals surface area contributed by atoms with Crippen LogP contribution in [0.3, 0.4) is 0 Å². The number of aryl methyl sites for hydroxylation is 1. The van der Waals surface area contributed by atoms with Crippen LogP contribution >= 0.6 is 11.6 Å². The molecule has 3 heterocycles. The molecule has 4 rings (SSSR count). The fourth-order valence-corrected chi connectivity index (χ4v) is 4.22. The topological polar surface area (TPSA) is 46.1 Å².